The van der Waals surface area contributed by atoms with E-state index in [4.69, 9.17) is 34.8 Å². The molecule has 0 spiro atoms. The molecule has 1 aromatic rings. The van der Waals surface area contributed by atoms with E-state index in [-0.39, 0.29) is 22.6 Å². The number of amides is 1. The highest BCUT2D eigenvalue weighted by Gasteiger charge is 2.08. The Morgan fingerprint density at radius 3 is 2.71 bits per heavy atom. The van der Waals surface area contributed by atoms with Crippen molar-refractivity contribution in [2.45, 2.75) is 13.3 Å². The van der Waals surface area contributed by atoms with Gasteiger partial charge in [-0.05, 0) is 12.5 Å². The first-order chi connectivity index (χ1) is 8.04. The highest BCUT2D eigenvalue weighted by atomic mass is 35.5. The van der Waals surface area contributed by atoms with Crippen molar-refractivity contribution in [3.05, 3.63) is 21.3 Å². The Balaban J connectivity index is 2.57. The van der Waals surface area contributed by atoms with E-state index in [2.05, 4.69) is 15.6 Å². The Bertz CT molecular complexity index is 412. The van der Waals surface area contributed by atoms with Crippen molar-refractivity contribution in [3.63, 3.8) is 0 Å². The summed E-state index contributed by atoms with van der Waals surface area (Å²) in [6.07, 6.45) is 0.886. The maximum atomic E-state index is 11.3. The average molecular weight is 297 g/mol. The van der Waals surface area contributed by atoms with Crippen LogP contribution >= 0.6 is 34.8 Å². The SMILES string of the molecule is CCCNC(=O)CNc1nc(Cl)c(Cl)cc1Cl. The Hall–Kier alpha value is -0.710. The van der Waals surface area contributed by atoms with Gasteiger partial charge < -0.3 is 10.6 Å². The molecule has 0 bridgehead atoms. The molecule has 0 saturated carbocycles. The number of nitrogens with zero attached hydrogens (tertiary/aromatic N) is 1. The van der Waals surface area contributed by atoms with Crippen LogP contribution in [0.2, 0.25) is 15.2 Å². The molecule has 1 amide bonds. The molecule has 1 heterocycles. The summed E-state index contributed by atoms with van der Waals surface area (Å²) >= 11 is 17.4. The molecule has 0 aromatic carbocycles. The van der Waals surface area contributed by atoms with Gasteiger partial charge in [0.05, 0.1) is 16.6 Å². The van der Waals surface area contributed by atoms with E-state index >= 15 is 0 Å². The number of halogens is 3. The topological polar surface area (TPSA) is 54.0 Å². The third-order valence-corrected chi connectivity index (χ3v) is 2.84. The molecule has 0 aliphatic heterocycles. The predicted octanol–water partition coefficient (Wildman–Crippen LogP) is 2.98. The van der Waals surface area contributed by atoms with Gasteiger partial charge in [0.1, 0.15) is 11.0 Å². The zero-order chi connectivity index (χ0) is 12.8. The summed E-state index contributed by atoms with van der Waals surface area (Å²) in [7, 11) is 0. The molecule has 17 heavy (non-hydrogen) atoms. The summed E-state index contributed by atoms with van der Waals surface area (Å²) < 4.78 is 0. The van der Waals surface area contributed by atoms with Crippen molar-refractivity contribution < 1.29 is 4.79 Å². The number of hydrogen-bond donors (Lipinski definition) is 2. The maximum Gasteiger partial charge on any atom is 0.239 e. The van der Waals surface area contributed by atoms with Gasteiger partial charge in [0, 0.05) is 6.54 Å². The van der Waals surface area contributed by atoms with Gasteiger partial charge >= 0.3 is 0 Å². The smallest absolute Gasteiger partial charge is 0.239 e. The van der Waals surface area contributed by atoms with Crippen molar-refractivity contribution in [1.82, 2.24) is 10.3 Å². The molecule has 0 radical (unpaired) electrons. The lowest BCUT2D eigenvalue weighted by Gasteiger charge is -2.08. The van der Waals surface area contributed by atoms with Gasteiger partial charge in [-0.25, -0.2) is 4.98 Å². The van der Waals surface area contributed by atoms with E-state index in [1.165, 1.54) is 6.07 Å². The van der Waals surface area contributed by atoms with Crippen molar-refractivity contribution >= 4 is 46.5 Å². The summed E-state index contributed by atoms with van der Waals surface area (Å²) in [5, 5.41) is 6.25. The van der Waals surface area contributed by atoms with Crippen LogP contribution in [0.5, 0.6) is 0 Å². The number of anilines is 1. The largest absolute Gasteiger partial charge is 0.360 e. The second kappa shape index (κ2) is 6.89. The van der Waals surface area contributed by atoms with Crippen LogP contribution in [0.25, 0.3) is 0 Å². The number of pyridine rings is 1. The van der Waals surface area contributed by atoms with E-state index in [1.54, 1.807) is 0 Å². The van der Waals surface area contributed by atoms with Crippen molar-refractivity contribution in [2.75, 3.05) is 18.4 Å². The van der Waals surface area contributed by atoms with Crippen molar-refractivity contribution in [1.29, 1.82) is 0 Å². The van der Waals surface area contributed by atoms with Crippen molar-refractivity contribution in [3.8, 4) is 0 Å². The molecule has 1 rings (SSSR count). The van der Waals surface area contributed by atoms with Crippen LogP contribution in [0, 0.1) is 0 Å². The lowest BCUT2D eigenvalue weighted by molar-refractivity contribution is -0.119. The minimum atomic E-state index is -0.129. The fourth-order valence-electron chi connectivity index (χ4n) is 1.06. The van der Waals surface area contributed by atoms with Gasteiger partial charge in [-0.15, -0.1) is 0 Å². The summed E-state index contributed by atoms with van der Waals surface area (Å²) in [5.41, 5.74) is 0. The number of rotatable bonds is 5. The second-order valence-electron chi connectivity index (χ2n) is 3.29. The molecule has 0 unspecified atom stereocenters. The number of nitrogens with one attached hydrogen (secondary N) is 2. The van der Waals surface area contributed by atoms with E-state index in [9.17, 15) is 4.79 Å². The highest BCUT2D eigenvalue weighted by Crippen LogP contribution is 2.28. The molecule has 0 fully saturated rings. The molecule has 94 valence electrons. The number of carbonyl (C=O) groups excluding carboxylic acids is 1. The fraction of sp³-hybridized carbons (Fsp3) is 0.400. The van der Waals surface area contributed by atoms with Crippen LogP contribution < -0.4 is 10.6 Å². The zero-order valence-corrected chi connectivity index (χ0v) is 11.5. The Morgan fingerprint density at radius 2 is 2.06 bits per heavy atom. The lowest BCUT2D eigenvalue weighted by Crippen LogP contribution is -2.30. The lowest BCUT2D eigenvalue weighted by atomic mass is 10.4. The molecule has 4 nitrogen and oxygen atoms in total. The summed E-state index contributed by atoms with van der Waals surface area (Å²) in [4.78, 5) is 15.3. The van der Waals surface area contributed by atoms with Crippen LogP contribution in [0.3, 0.4) is 0 Å². The third kappa shape index (κ3) is 4.58. The summed E-state index contributed by atoms with van der Waals surface area (Å²) in [5.74, 6) is 0.212. The molecular formula is C10H12Cl3N3O. The van der Waals surface area contributed by atoms with Gasteiger partial charge in [0.15, 0.2) is 0 Å². The first-order valence-electron chi connectivity index (χ1n) is 5.06. The highest BCUT2D eigenvalue weighted by molar-refractivity contribution is 6.42. The van der Waals surface area contributed by atoms with Gasteiger partial charge in [-0.3, -0.25) is 4.79 Å². The van der Waals surface area contributed by atoms with E-state index in [0.29, 0.717) is 17.4 Å². The number of carbonyl (C=O) groups is 1. The van der Waals surface area contributed by atoms with Crippen molar-refractivity contribution in [2.24, 2.45) is 0 Å². The molecule has 0 atom stereocenters. The Morgan fingerprint density at radius 1 is 1.35 bits per heavy atom. The minimum Gasteiger partial charge on any atom is -0.360 e. The quantitative estimate of drug-likeness (QED) is 0.821. The molecule has 0 saturated heterocycles. The first-order valence-corrected chi connectivity index (χ1v) is 6.20. The Kier molecular flexibility index (Phi) is 5.82. The van der Waals surface area contributed by atoms with Gasteiger partial charge in [0.2, 0.25) is 5.91 Å². The number of aromatic nitrogens is 1. The van der Waals surface area contributed by atoms with E-state index in [1.807, 2.05) is 6.92 Å². The van der Waals surface area contributed by atoms with E-state index in [0.717, 1.165) is 6.42 Å². The van der Waals surface area contributed by atoms with Gasteiger partial charge in [0.25, 0.3) is 0 Å². The first kappa shape index (κ1) is 14.4. The molecule has 2 N–H and O–H groups in total. The zero-order valence-electron chi connectivity index (χ0n) is 9.19. The minimum absolute atomic E-state index is 0.0880. The van der Waals surface area contributed by atoms with Gasteiger partial charge in [-0.1, -0.05) is 41.7 Å². The third-order valence-electron chi connectivity index (χ3n) is 1.88. The normalized spacial score (nSPS) is 10.1. The standard InChI is InChI=1S/C10H12Cl3N3O/c1-2-3-14-8(17)5-15-10-7(12)4-6(11)9(13)16-10/h4H,2-3,5H2,1H3,(H,14,17)(H,15,16). The molecule has 7 heteroatoms. The molecule has 1 aromatic heterocycles. The van der Waals surface area contributed by atoms with Crippen LogP contribution in [0.15, 0.2) is 6.07 Å². The Labute approximate surface area is 115 Å². The molecule has 0 aliphatic rings. The maximum absolute atomic E-state index is 11.3. The van der Waals surface area contributed by atoms with Crippen LogP contribution in [0.1, 0.15) is 13.3 Å². The van der Waals surface area contributed by atoms with Crippen LogP contribution in [-0.2, 0) is 4.79 Å². The fourth-order valence-corrected chi connectivity index (χ4v) is 1.62. The summed E-state index contributed by atoms with van der Waals surface area (Å²) in [6, 6.07) is 1.48. The van der Waals surface area contributed by atoms with E-state index < -0.39 is 0 Å². The average Bonchev–Trinajstić information content (AvgIpc) is 2.29. The molecular weight excluding hydrogens is 284 g/mol. The summed E-state index contributed by atoms with van der Waals surface area (Å²) in [6.45, 7) is 2.71. The van der Waals surface area contributed by atoms with Crippen LogP contribution in [-0.4, -0.2) is 24.0 Å². The number of hydrogen-bond acceptors (Lipinski definition) is 3. The van der Waals surface area contributed by atoms with Crippen LogP contribution in [0.4, 0.5) is 5.82 Å². The monoisotopic (exact) mass is 295 g/mol. The van der Waals surface area contributed by atoms with Gasteiger partial charge in [-0.2, -0.15) is 0 Å². The second-order valence-corrected chi connectivity index (χ2v) is 4.47. The predicted molar refractivity (Wildman–Crippen MR) is 71.1 cm³/mol. The molecule has 0 aliphatic carbocycles.